The number of benzene rings is 4. The molecular weight excluding hydrogens is 921 g/mol. The van der Waals surface area contributed by atoms with Crippen LogP contribution in [0.15, 0.2) is 84.4 Å². The first kappa shape index (κ1) is 39.3. The molecule has 0 fully saturated rings. The maximum Gasteiger partial charge on any atom is 0.269 e. The number of nitrogens with one attached hydrogen (secondary N) is 2. The number of phenolic OH excluding ortho intramolecular Hbond substituents is 2. The Morgan fingerprint density at radius 1 is 0.640 bits per heavy atom. The van der Waals surface area contributed by atoms with Crippen LogP contribution in [0, 0.1) is 6.07 Å². The molecular formula is C34H28Br3N4O8Y-. The topological polar surface area (TPSA) is 182 Å². The van der Waals surface area contributed by atoms with Crippen LogP contribution in [0.3, 0.4) is 0 Å². The first-order chi connectivity index (χ1) is 23.5. The van der Waals surface area contributed by atoms with Crippen molar-refractivity contribution in [3.05, 3.63) is 102 Å². The molecule has 4 aromatic carbocycles. The fourth-order valence-electron chi connectivity index (χ4n) is 4.85. The number of halogens is 3. The molecule has 0 saturated carbocycles. The normalized spacial score (nSPS) is 16.0. The quantitative estimate of drug-likeness (QED) is 0.0653. The second kappa shape index (κ2) is 18.1. The predicted molar refractivity (Wildman–Crippen MR) is 190 cm³/mol. The first-order valence-electron chi connectivity index (χ1n) is 14.7. The van der Waals surface area contributed by atoms with Crippen LogP contribution >= 0.6 is 47.8 Å². The summed E-state index contributed by atoms with van der Waals surface area (Å²) in [7, 11) is 0. The summed E-state index contributed by atoms with van der Waals surface area (Å²) in [6.07, 6.45) is 0.737. The average Bonchev–Trinajstić information content (AvgIpc) is 3.08. The second-order valence-corrected chi connectivity index (χ2v) is 13.4. The van der Waals surface area contributed by atoms with Gasteiger partial charge in [0.2, 0.25) is 0 Å². The van der Waals surface area contributed by atoms with Crippen LogP contribution in [0.25, 0.3) is 0 Å². The predicted octanol–water partition coefficient (Wildman–Crippen LogP) is 6.54. The molecule has 4 aromatic rings. The van der Waals surface area contributed by atoms with E-state index in [1.165, 1.54) is 6.07 Å². The molecule has 0 aliphatic carbocycles. The molecule has 12 nitrogen and oxygen atoms in total. The van der Waals surface area contributed by atoms with E-state index < -0.39 is 11.8 Å². The number of carbonyl (C=O) groups excluding carboxylic acids is 2. The molecule has 0 atom stereocenters. The van der Waals surface area contributed by atoms with E-state index in [-0.39, 0.29) is 103 Å². The standard InChI is InChI=1S/C34H28Br3N4O8.Y/c35-23-11-19-3-6-28(23)49-30-16-20(12-24(36)32(30)43)8-10-39-34(45)27(41-47)15-21-13-25(37)31(42)29(17-21)48-22-4-1-18(2-5-22)14-26(40-46)33(44)38-9-7-19;/h1-4,6,11-13,16-17,42-43,46-47H,7-10,14-15H2,(H,38,44)(H,39,45);/q-1;/b40-26+,41-27+;. The fraction of sp³-hybridized carbons (Fsp3) is 0.176. The third kappa shape index (κ3) is 10.1. The van der Waals surface area contributed by atoms with Gasteiger partial charge in [-0.25, -0.2) is 0 Å². The van der Waals surface area contributed by atoms with Gasteiger partial charge >= 0.3 is 0 Å². The van der Waals surface area contributed by atoms with Gasteiger partial charge in [-0.2, -0.15) is 12.1 Å². The Hall–Kier alpha value is -3.50. The minimum absolute atomic E-state index is 0. The third-order valence-electron chi connectivity index (χ3n) is 7.37. The van der Waals surface area contributed by atoms with Crippen LogP contribution in [0.5, 0.6) is 34.5 Å². The summed E-state index contributed by atoms with van der Waals surface area (Å²) >= 11 is 10.2. The van der Waals surface area contributed by atoms with Gasteiger partial charge in [-0.1, -0.05) is 16.4 Å². The van der Waals surface area contributed by atoms with Gasteiger partial charge in [-0.15, -0.1) is 17.7 Å². The maximum atomic E-state index is 13.0. The van der Waals surface area contributed by atoms with E-state index >= 15 is 0 Å². The Kier molecular flexibility index (Phi) is 14.2. The summed E-state index contributed by atoms with van der Waals surface area (Å²) in [6.45, 7) is 0.439. The van der Waals surface area contributed by atoms with Crippen molar-refractivity contribution in [3.63, 3.8) is 0 Å². The zero-order chi connectivity index (χ0) is 35.1. The number of aromatic hydroxyl groups is 2. The van der Waals surface area contributed by atoms with Crippen LogP contribution in [0.4, 0.5) is 0 Å². The van der Waals surface area contributed by atoms with E-state index in [9.17, 15) is 30.2 Å². The van der Waals surface area contributed by atoms with Gasteiger partial charge in [0.25, 0.3) is 11.8 Å². The number of hydrogen-bond donors (Lipinski definition) is 6. The second-order valence-electron chi connectivity index (χ2n) is 10.8. The van der Waals surface area contributed by atoms with Crippen LogP contribution < -0.4 is 20.1 Å². The number of oxime groups is 2. The van der Waals surface area contributed by atoms with Crippen molar-refractivity contribution in [2.45, 2.75) is 25.7 Å². The minimum Gasteiger partial charge on any atom is -0.503 e. The Morgan fingerprint density at radius 3 is 1.74 bits per heavy atom. The van der Waals surface area contributed by atoms with Gasteiger partial charge < -0.3 is 40.7 Å². The number of rotatable bonds is 0. The van der Waals surface area contributed by atoms with Crippen molar-refractivity contribution in [2.75, 3.05) is 13.1 Å². The van der Waals surface area contributed by atoms with E-state index in [0.717, 1.165) is 11.1 Å². The van der Waals surface area contributed by atoms with Crippen LogP contribution in [0.1, 0.15) is 22.3 Å². The van der Waals surface area contributed by atoms with Crippen molar-refractivity contribution in [1.29, 1.82) is 0 Å². The third-order valence-corrected chi connectivity index (χ3v) is 9.20. The number of carbonyl (C=O) groups is 2. The molecule has 7 rings (SSSR count). The molecule has 257 valence electrons. The van der Waals surface area contributed by atoms with Crippen LogP contribution in [-0.4, -0.2) is 57.0 Å². The average molecular weight is 949 g/mol. The number of nitrogens with zero attached hydrogens (tertiary/aromatic N) is 2. The SMILES string of the molecule is O=C1NCCc2ccc(c(Br)c2)Oc2cc(cc(Br)c2O)CCNC(=O)/C(=N/O)Cc2cc(Br)c(O)c(c2)Oc2[c-]cc(cc2)C/C1=N\O.[Y]. The molecule has 0 aromatic heterocycles. The van der Waals surface area contributed by atoms with E-state index in [4.69, 9.17) is 9.47 Å². The molecule has 2 amide bonds. The number of amides is 2. The largest absolute Gasteiger partial charge is 0.503 e. The van der Waals surface area contributed by atoms with Gasteiger partial charge in [0, 0.05) is 58.0 Å². The molecule has 3 aliphatic heterocycles. The number of ether oxygens (including phenoxy) is 2. The summed E-state index contributed by atoms with van der Waals surface area (Å²) in [5, 5.41) is 52.4. The molecule has 0 unspecified atom stereocenters. The van der Waals surface area contributed by atoms with E-state index in [0.29, 0.717) is 38.7 Å². The molecule has 3 aliphatic rings. The van der Waals surface area contributed by atoms with Gasteiger partial charge in [0.05, 0.1) is 13.4 Å². The number of phenols is 2. The van der Waals surface area contributed by atoms with Crippen molar-refractivity contribution in [3.8, 4) is 34.5 Å². The van der Waals surface area contributed by atoms with Gasteiger partial charge in [-0.3, -0.25) is 9.59 Å². The molecule has 8 bridgehead atoms. The summed E-state index contributed by atoms with van der Waals surface area (Å²) in [4.78, 5) is 25.7. The molecule has 6 N–H and O–H groups in total. The first-order valence-corrected chi connectivity index (χ1v) is 17.1. The van der Waals surface area contributed by atoms with E-state index in [1.54, 1.807) is 42.5 Å². The summed E-state index contributed by atoms with van der Waals surface area (Å²) in [5.41, 5.74) is 2.44. The maximum absolute atomic E-state index is 13.0. The molecule has 0 spiro atoms. The van der Waals surface area contributed by atoms with Gasteiger partial charge in [0.1, 0.15) is 17.2 Å². The monoisotopic (exact) mass is 946 g/mol. The Balaban J connectivity index is 0.00000562. The van der Waals surface area contributed by atoms with E-state index in [1.807, 2.05) is 12.1 Å². The van der Waals surface area contributed by atoms with Gasteiger partial charge in [0.15, 0.2) is 23.0 Å². The van der Waals surface area contributed by atoms with Crippen molar-refractivity contribution in [2.24, 2.45) is 10.3 Å². The Labute approximate surface area is 337 Å². The number of fused-ring (bicyclic) bond motifs is 2. The van der Waals surface area contributed by atoms with Crippen molar-refractivity contribution < 1.29 is 72.4 Å². The minimum atomic E-state index is -0.607. The molecule has 16 heteroatoms. The zero-order valence-electron chi connectivity index (χ0n) is 26.0. The summed E-state index contributed by atoms with van der Waals surface area (Å²) in [5.74, 6) is -0.557. The van der Waals surface area contributed by atoms with Crippen LogP contribution in [0.2, 0.25) is 0 Å². The Bertz CT molecular complexity index is 1960. The van der Waals surface area contributed by atoms with Crippen LogP contribution in [-0.2, 0) is 68.0 Å². The van der Waals surface area contributed by atoms with Crippen molar-refractivity contribution >= 4 is 71.0 Å². The smallest absolute Gasteiger partial charge is 0.269 e. The molecule has 0 saturated heterocycles. The molecule has 1 radical (unpaired) electrons. The number of hydrogen-bond acceptors (Lipinski definition) is 10. The zero-order valence-corrected chi connectivity index (χ0v) is 33.6. The van der Waals surface area contributed by atoms with Gasteiger partial charge in [-0.05, 0) is 120 Å². The summed E-state index contributed by atoms with van der Waals surface area (Å²) in [6, 6.07) is 19.5. The van der Waals surface area contributed by atoms with Crippen molar-refractivity contribution in [1.82, 2.24) is 10.6 Å². The summed E-state index contributed by atoms with van der Waals surface area (Å²) < 4.78 is 13.2. The fourth-order valence-corrected chi connectivity index (χ4v) is 6.33. The molecule has 50 heavy (non-hydrogen) atoms. The Morgan fingerprint density at radius 2 is 1.16 bits per heavy atom. The molecule has 3 heterocycles. The van der Waals surface area contributed by atoms with E-state index in [2.05, 4.69) is 74.8 Å².